The van der Waals surface area contributed by atoms with Crippen LogP contribution in [-0.4, -0.2) is 33.3 Å². The Kier molecular flexibility index (Phi) is 6.22. The molecule has 0 aliphatic heterocycles. The molecule has 0 bridgehead atoms. The minimum absolute atomic E-state index is 0.173. The van der Waals surface area contributed by atoms with Crippen molar-refractivity contribution in [2.45, 2.75) is 18.4 Å². The molecule has 0 aromatic heterocycles. The van der Waals surface area contributed by atoms with Crippen LogP contribution < -0.4 is 4.31 Å². The van der Waals surface area contributed by atoms with Crippen molar-refractivity contribution in [1.29, 1.82) is 0 Å². The van der Waals surface area contributed by atoms with E-state index in [-0.39, 0.29) is 23.2 Å². The van der Waals surface area contributed by atoms with Crippen molar-refractivity contribution in [3.8, 4) is 0 Å². The van der Waals surface area contributed by atoms with E-state index in [9.17, 15) is 17.6 Å². The predicted molar refractivity (Wildman–Crippen MR) is 115 cm³/mol. The molecule has 0 fully saturated rings. The summed E-state index contributed by atoms with van der Waals surface area (Å²) in [7, 11) is -0.674. The second kappa shape index (κ2) is 8.67. The quantitative estimate of drug-likeness (QED) is 0.593. The number of anilines is 1. The van der Waals surface area contributed by atoms with Gasteiger partial charge < -0.3 is 4.90 Å². The van der Waals surface area contributed by atoms with E-state index in [4.69, 9.17) is 0 Å². The van der Waals surface area contributed by atoms with Crippen LogP contribution in [0.15, 0.2) is 77.7 Å². The Balaban J connectivity index is 1.88. The molecular weight excluding hydrogens is 403 g/mol. The van der Waals surface area contributed by atoms with Crippen molar-refractivity contribution in [2.24, 2.45) is 0 Å². The Morgan fingerprint density at radius 1 is 0.933 bits per heavy atom. The van der Waals surface area contributed by atoms with E-state index in [1.54, 1.807) is 62.5 Å². The fourth-order valence-corrected chi connectivity index (χ4v) is 4.44. The Bertz CT molecular complexity index is 1160. The molecule has 7 heteroatoms. The second-order valence-electron chi connectivity index (χ2n) is 7.08. The SMILES string of the molecule is Cc1ccc(C(=O)N(C)Cc2cccc(F)c2)cc1N(C)S(=O)(=O)c1ccccc1. The number of hydrogen-bond acceptors (Lipinski definition) is 3. The van der Waals surface area contributed by atoms with Gasteiger partial charge in [0, 0.05) is 26.2 Å². The van der Waals surface area contributed by atoms with Crippen molar-refractivity contribution in [2.75, 3.05) is 18.4 Å². The van der Waals surface area contributed by atoms with Crippen molar-refractivity contribution < 1.29 is 17.6 Å². The molecule has 0 spiro atoms. The van der Waals surface area contributed by atoms with Crippen LogP contribution in [0, 0.1) is 12.7 Å². The van der Waals surface area contributed by atoms with E-state index in [1.165, 1.54) is 40.5 Å². The number of hydrogen-bond donors (Lipinski definition) is 0. The summed E-state index contributed by atoms with van der Waals surface area (Å²) in [4.78, 5) is 14.5. The number of carbonyl (C=O) groups is 1. The van der Waals surface area contributed by atoms with Gasteiger partial charge in [-0.3, -0.25) is 9.10 Å². The molecule has 0 saturated heterocycles. The van der Waals surface area contributed by atoms with Crippen LogP contribution in [0.5, 0.6) is 0 Å². The molecule has 156 valence electrons. The number of sulfonamides is 1. The van der Waals surface area contributed by atoms with Gasteiger partial charge in [-0.15, -0.1) is 0 Å². The standard InChI is InChI=1S/C23H23FN2O3S/c1-17-12-13-19(23(27)25(2)16-18-8-7-9-20(24)14-18)15-22(17)26(3)30(28,29)21-10-5-4-6-11-21/h4-15H,16H2,1-3H3. The van der Waals surface area contributed by atoms with E-state index in [0.717, 1.165) is 5.56 Å². The summed E-state index contributed by atoms with van der Waals surface area (Å²) in [5.41, 5.74) is 2.16. The smallest absolute Gasteiger partial charge is 0.264 e. The van der Waals surface area contributed by atoms with Crippen LogP contribution in [0.1, 0.15) is 21.5 Å². The number of rotatable bonds is 6. The van der Waals surface area contributed by atoms with Gasteiger partial charge in [-0.1, -0.05) is 36.4 Å². The van der Waals surface area contributed by atoms with E-state index >= 15 is 0 Å². The first-order chi connectivity index (χ1) is 14.2. The molecule has 0 heterocycles. The molecule has 5 nitrogen and oxygen atoms in total. The largest absolute Gasteiger partial charge is 0.337 e. The Morgan fingerprint density at radius 3 is 2.30 bits per heavy atom. The zero-order valence-corrected chi connectivity index (χ0v) is 17.9. The summed E-state index contributed by atoms with van der Waals surface area (Å²) >= 11 is 0. The monoisotopic (exact) mass is 426 g/mol. The lowest BCUT2D eigenvalue weighted by Gasteiger charge is -2.23. The van der Waals surface area contributed by atoms with Crippen LogP contribution in [0.4, 0.5) is 10.1 Å². The van der Waals surface area contributed by atoms with Gasteiger partial charge in [0.1, 0.15) is 5.82 Å². The zero-order chi connectivity index (χ0) is 21.9. The number of carbonyl (C=O) groups excluding carboxylic acids is 1. The van der Waals surface area contributed by atoms with Gasteiger partial charge in [0.25, 0.3) is 15.9 Å². The van der Waals surface area contributed by atoms with E-state index in [1.807, 2.05) is 0 Å². The lowest BCUT2D eigenvalue weighted by Crippen LogP contribution is -2.29. The molecule has 0 N–H and O–H groups in total. The average Bonchev–Trinajstić information content (AvgIpc) is 2.73. The van der Waals surface area contributed by atoms with Gasteiger partial charge in [0.15, 0.2) is 0 Å². The van der Waals surface area contributed by atoms with Crippen molar-refractivity contribution in [3.63, 3.8) is 0 Å². The van der Waals surface area contributed by atoms with Crippen LogP contribution >= 0.6 is 0 Å². The van der Waals surface area contributed by atoms with Crippen LogP contribution in [0.2, 0.25) is 0 Å². The highest BCUT2D eigenvalue weighted by molar-refractivity contribution is 7.92. The third-order valence-corrected chi connectivity index (χ3v) is 6.64. The van der Waals surface area contributed by atoms with Crippen LogP contribution in [0.25, 0.3) is 0 Å². The van der Waals surface area contributed by atoms with Gasteiger partial charge in [-0.25, -0.2) is 12.8 Å². The average molecular weight is 427 g/mol. The van der Waals surface area contributed by atoms with E-state index in [0.29, 0.717) is 16.8 Å². The zero-order valence-electron chi connectivity index (χ0n) is 17.0. The molecule has 30 heavy (non-hydrogen) atoms. The Morgan fingerprint density at radius 2 is 1.63 bits per heavy atom. The molecule has 3 aromatic rings. The predicted octanol–water partition coefficient (Wildman–Crippen LogP) is 4.23. The third-order valence-electron chi connectivity index (χ3n) is 4.85. The number of nitrogens with zero attached hydrogens (tertiary/aromatic N) is 2. The van der Waals surface area contributed by atoms with Gasteiger partial charge in [-0.2, -0.15) is 0 Å². The third kappa shape index (κ3) is 4.52. The van der Waals surface area contributed by atoms with Crippen molar-refractivity contribution >= 4 is 21.6 Å². The normalized spacial score (nSPS) is 11.2. The molecular formula is C23H23FN2O3S. The first-order valence-electron chi connectivity index (χ1n) is 9.34. The highest BCUT2D eigenvalue weighted by Gasteiger charge is 2.23. The lowest BCUT2D eigenvalue weighted by atomic mass is 10.1. The van der Waals surface area contributed by atoms with E-state index < -0.39 is 10.0 Å². The molecule has 0 radical (unpaired) electrons. The maximum Gasteiger partial charge on any atom is 0.264 e. The van der Waals surface area contributed by atoms with Crippen molar-refractivity contribution in [3.05, 3.63) is 95.3 Å². The Hall–Kier alpha value is -3.19. The first kappa shape index (κ1) is 21.5. The fraction of sp³-hybridized carbons (Fsp3) is 0.174. The minimum atomic E-state index is -3.76. The summed E-state index contributed by atoms with van der Waals surface area (Å²) in [5, 5.41) is 0. The number of aryl methyl sites for hydroxylation is 1. The summed E-state index contributed by atoms with van der Waals surface area (Å²) in [6.07, 6.45) is 0. The molecule has 0 aliphatic carbocycles. The molecule has 1 amide bonds. The molecule has 0 atom stereocenters. The summed E-state index contributed by atoms with van der Waals surface area (Å²) in [6.45, 7) is 2.02. The topological polar surface area (TPSA) is 57.7 Å². The first-order valence-corrected chi connectivity index (χ1v) is 10.8. The fourth-order valence-electron chi connectivity index (χ4n) is 3.16. The molecule has 3 rings (SSSR count). The highest BCUT2D eigenvalue weighted by Crippen LogP contribution is 2.27. The van der Waals surface area contributed by atoms with Crippen molar-refractivity contribution in [1.82, 2.24) is 4.90 Å². The Labute approximate surface area is 176 Å². The van der Waals surface area contributed by atoms with Gasteiger partial charge in [0.2, 0.25) is 0 Å². The van der Waals surface area contributed by atoms with Gasteiger partial charge in [-0.05, 0) is 54.4 Å². The summed E-state index contributed by atoms with van der Waals surface area (Å²) in [5.74, 6) is -0.648. The maximum absolute atomic E-state index is 13.4. The van der Waals surface area contributed by atoms with E-state index in [2.05, 4.69) is 0 Å². The minimum Gasteiger partial charge on any atom is -0.337 e. The highest BCUT2D eigenvalue weighted by atomic mass is 32.2. The maximum atomic E-state index is 13.4. The molecule has 3 aromatic carbocycles. The second-order valence-corrected chi connectivity index (χ2v) is 9.05. The molecule has 0 unspecified atom stereocenters. The molecule has 0 aliphatic rings. The summed E-state index contributed by atoms with van der Waals surface area (Å²) < 4.78 is 40.5. The lowest BCUT2D eigenvalue weighted by molar-refractivity contribution is 0.0785. The van der Waals surface area contributed by atoms with Gasteiger partial charge in [0.05, 0.1) is 10.6 Å². The van der Waals surface area contributed by atoms with Crippen LogP contribution in [-0.2, 0) is 16.6 Å². The number of benzene rings is 3. The van der Waals surface area contributed by atoms with Gasteiger partial charge >= 0.3 is 0 Å². The molecule has 0 saturated carbocycles. The number of halogens is 1. The number of amides is 1. The van der Waals surface area contributed by atoms with Crippen LogP contribution in [0.3, 0.4) is 0 Å². The summed E-state index contributed by atoms with van der Waals surface area (Å²) in [6, 6.07) is 19.1.